The van der Waals surface area contributed by atoms with E-state index in [1.165, 1.54) is 25.7 Å². The van der Waals surface area contributed by atoms with Gasteiger partial charge in [-0.1, -0.05) is 18.6 Å². The maximum absolute atomic E-state index is 13.0. The van der Waals surface area contributed by atoms with Crippen molar-refractivity contribution in [3.8, 4) is 0 Å². The number of hydrogen-bond acceptors (Lipinski definition) is 9. The van der Waals surface area contributed by atoms with Gasteiger partial charge in [0.2, 0.25) is 20.9 Å². The number of ether oxygens (including phenoxy) is 1. The number of amides is 1. The van der Waals surface area contributed by atoms with Gasteiger partial charge in [0.25, 0.3) is 5.56 Å². The fourth-order valence-corrected chi connectivity index (χ4v) is 5.33. The average molecular weight is 525 g/mol. The highest BCUT2D eigenvalue weighted by Gasteiger charge is 2.26. The van der Waals surface area contributed by atoms with Gasteiger partial charge in [0.05, 0.1) is 24.6 Å². The number of sulfone groups is 1. The quantitative estimate of drug-likeness (QED) is 0.271. The fourth-order valence-electron chi connectivity index (χ4n) is 3.93. The van der Waals surface area contributed by atoms with Crippen LogP contribution in [0, 0.1) is 5.92 Å². The number of aromatic nitrogens is 7. The molecule has 3 aromatic rings. The van der Waals surface area contributed by atoms with Crippen LogP contribution in [0.4, 0.5) is 0 Å². The van der Waals surface area contributed by atoms with Crippen molar-refractivity contribution in [1.29, 1.82) is 0 Å². The lowest BCUT2D eigenvalue weighted by Crippen LogP contribution is -2.37. The second-order valence-corrected chi connectivity index (χ2v) is 10.7. The Labute approximate surface area is 207 Å². The van der Waals surface area contributed by atoms with Gasteiger partial charge >= 0.3 is 5.69 Å². The highest BCUT2D eigenvalue weighted by Crippen LogP contribution is 2.16. The van der Waals surface area contributed by atoms with Crippen molar-refractivity contribution in [2.75, 3.05) is 19.0 Å². The molecule has 36 heavy (non-hydrogen) atoms. The SMILES string of the molecule is CCCC(CCOCCn1cc(CCS(=O)(=O)c2nc3c(c(=O)n(C)c(=O)n3C)n2C)nn1)C(N)=O. The van der Waals surface area contributed by atoms with Gasteiger partial charge in [-0.3, -0.25) is 18.7 Å². The van der Waals surface area contributed by atoms with Crippen LogP contribution in [0.3, 0.4) is 0 Å². The van der Waals surface area contributed by atoms with E-state index in [0.717, 1.165) is 22.0 Å². The summed E-state index contributed by atoms with van der Waals surface area (Å²) in [6, 6.07) is 0. The summed E-state index contributed by atoms with van der Waals surface area (Å²) in [5.74, 6) is -0.819. The molecule has 3 heterocycles. The highest BCUT2D eigenvalue weighted by atomic mass is 32.2. The summed E-state index contributed by atoms with van der Waals surface area (Å²) < 4.78 is 36.4. The second-order valence-electron chi connectivity index (χ2n) is 8.66. The summed E-state index contributed by atoms with van der Waals surface area (Å²) in [5.41, 5.74) is 4.68. The Morgan fingerprint density at radius 2 is 1.83 bits per heavy atom. The molecule has 0 aliphatic carbocycles. The summed E-state index contributed by atoms with van der Waals surface area (Å²) in [7, 11) is 0.283. The lowest BCUT2D eigenvalue weighted by Gasteiger charge is -2.12. The monoisotopic (exact) mass is 524 g/mol. The van der Waals surface area contributed by atoms with Crippen molar-refractivity contribution in [1.82, 2.24) is 33.7 Å². The summed E-state index contributed by atoms with van der Waals surface area (Å²) in [6.07, 6.45) is 3.89. The van der Waals surface area contributed by atoms with Crippen LogP contribution in [0.1, 0.15) is 31.9 Å². The van der Waals surface area contributed by atoms with Crippen LogP contribution in [0.5, 0.6) is 0 Å². The number of fused-ring (bicyclic) bond motifs is 1. The lowest BCUT2D eigenvalue weighted by atomic mass is 10.00. The van der Waals surface area contributed by atoms with Crippen molar-refractivity contribution in [3.05, 3.63) is 32.7 Å². The molecule has 0 spiro atoms. The van der Waals surface area contributed by atoms with Gasteiger partial charge in [-0.05, 0) is 12.8 Å². The Balaban J connectivity index is 1.60. The van der Waals surface area contributed by atoms with Crippen LogP contribution >= 0.6 is 0 Å². The van der Waals surface area contributed by atoms with Crippen molar-refractivity contribution >= 4 is 26.9 Å². The summed E-state index contributed by atoms with van der Waals surface area (Å²) in [5, 5.41) is 7.70. The topological polar surface area (TPSA) is 179 Å². The average Bonchev–Trinajstić information content (AvgIpc) is 3.43. The minimum atomic E-state index is -3.90. The standard InChI is InChI=1S/C21H32N8O6S/c1-5-6-14(17(22)30)7-10-35-11-9-29-13-15(24-25-29)8-12-36(33,34)20-23-18-16(26(20)2)19(31)28(4)21(32)27(18)3/h13-14H,5-12H2,1-4H3,(H2,22,30). The summed E-state index contributed by atoms with van der Waals surface area (Å²) in [6.45, 7) is 3.16. The molecule has 0 aliphatic rings. The van der Waals surface area contributed by atoms with E-state index in [2.05, 4.69) is 15.3 Å². The molecule has 3 rings (SSSR count). The third kappa shape index (κ3) is 5.73. The van der Waals surface area contributed by atoms with Crippen LogP contribution in [0.25, 0.3) is 11.2 Å². The number of hydrogen-bond donors (Lipinski definition) is 1. The minimum absolute atomic E-state index is 0.00645. The number of imidazole rings is 1. The van der Waals surface area contributed by atoms with E-state index in [1.807, 2.05) is 6.92 Å². The zero-order valence-corrected chi connectivity index (χ0v) is 21.7. The fraction of sp³-hybridized carbons (Fsp3) is 0.619. The number of carbonyl (C=O) groups excluding carboxylic acids is 1. The zero-order valence-electron chi connectivity index (χ0n) is 20.9. The van der Waals surface area contributed by atoms with E-state index in [-0.39, 0.29) is 40.3 Å². The molecular formula is C21H32N8O6S. The van der Waals surface area contributed by atoms with Gasteiger partial charge in [0.15, 0.2) is 11.2 Å². The number of carbonyl (C=O) groups is 1. The molecular weight excluding hydrogens is 492 g/mol. The van der Waals surface area contributed by atoms with E-state index in [1.54, 1.807) is 10.9 Å². The van der Waals surface area contributed by atoms with Gasteiger partial charge in [-0.15, -0.1) is 5.10 Å². The van der Waals surface area contributed by atoms with Crippen LogP contribution in [-0.2, 0) is 53.5 Å². The summed E-state index contributed by atoms with van der Waals surface area (Å²) >= 11 is 0. The molecule has 1 amide bonds. The predicted molar refractivity (Wildman–Crippen MR) is 130 cm³/mol. The smallest absolute Gasteiger partial charge is 0.332 e. The predicted octanol–water partition coefficient (Wildman–Crippen LogP) is -1.11. The Morgan fingerprint density at radius 3 is 2.50 bits per heavy atom. The third-order valence-electron chi connectivity index (χ3n) is 6.04. The van der Waals surface area contributed by atoms with E-state index >= 15 is 0 Å². The molecule has 0 fully saturated rings. The Morgan fingerprint density at radius 1 is 1.11 bits per heavy atom. The van der Waals surface area contributed by atoms with Crippen molar-refractivity contribution in [2.24, 2.45) is 32.8 Å². The Hall–Kier alpha value is -3.33. The number of rotatable bonds is 13. The Bertz CT molecular complexity index is 1470. The second kappa shape index (κ2) is 11.2. The first-order valence-electron chi connectivity index (χ1n) is 11.6. The van der Waals surface area contributed by atoms with Gasteiger partial charge < -0.3 is 15.0 Å². The third-order valence-corrected chi connectivity index (χ3v) is 7.70. The van der Waals surface area contributed by atoms with E-state index in [4.69, 9.17) is 10.5 Å². The van der Waals surface area contributed by atoms with Crippen LogP contribution in [0.15, 0.2) is 20.9 Å². The molecule has 15 heteroatoms. The van der Waals surface area contributed by atoms with Crippen molar-refractivity contribution < 1.29 is 17.9 Å². The number of nitrogens with zero attached hydrogens (tertiary/aromatic N) is 7. The van der Waals surface area contributed by atoms with E-state index in [0.29, 0.717) is 31.9 Å². The van der Waals surface area contributed by atoms with Gasteiger partial charge in [0, 0.05) is 46.3 Å². The number of aryl methyl sites for hydroxylation is 3. The van der Waals surface area contributed by atoms with Gasteiger partial charge in [-0.2, -0.15) is 4.98 Å². The van der Waals surface area contributed by atoms with Crippen molar-refractivity contribution in [2.45, 2.75) is 44.3 Å². The molecule has 14 nitrogen and oxygen atoms in total. The first-order valence-corrected chi connectivity index (χ1v) is 13.2. The maximum Gasteiger partial charge on any atom is 0.332 e. The van der Waals surface area contributed by atoms with E-state index in [9.17, 15) is 22.8 Å². The normalized spacial score (nSPS) is 12.9. The van der Waals surface area contributed by atoms with Crippen LogP contribution < -0.4 is 17.0 Å². The van der Waals surface area contributed by atoms with Gasteiger partial charge in [0.1, 0.15) is 0 Å². The summed E-state index contributed by atoms with van der Waals surface area (Å²) in [4.78, 5) is 40.2. The number of nitrogens with two attached hydrogens (primary N) is 1. The maximum atomic E-state index is 13.0. The Kier molecular flexibility index (Phi) is 8.45. The number of primary amides is 1. The molecule has 0 aromatic carbocycles. The van der Waals surface area contributed by atoms with E-state index < -0.39 is 21.1 Å². The first kappa shape index (κ1) is 27.3. The van der Waals surface area contributed by atoms with Crippen LogP contribution in [-0.4, -0.2) is 67.0 Å². The van der Waals surface area contributed by atoms with Gasteiger partial charge in [-0.25, -0.2) is 17.9 Å². The molecule has 0 saturated heterocycles. The minimum Gasteiger partial charge on any atom is -0.380 e. The van der Waals surface area contributed by atoms with Crippen LogP contribution in [0.2, 0.25) is 0 Å². The molecule has 3 aromatic heterocycles. The first-order chi connectivity index (χ1) is 17.0. The molecule has 1 atom stereocenters. The molecule has 0 aliphatic heterocycles. The molecule has 0 saturated carbocycles. The molecule has 1 unspecified atom stereocenters. The zero-order chi connectivity index (χ0) is 26.6. The molecule has 0 bridgehead atoms. The molecule has 198 valence electrons. The highest BCUT2D eigenvalue weighted by molar-refractivity contribution is 7.91. The molecule has 0 radical (unpaired) electrons. The van der Waals surface area contributed by atoms with Crippen molar-refractivity contribution in [3.63, 3.8) is 0 Å². The largest absolute Gasteiger partial charge is 0.380 e. The molecule has 2 N–H and O–H groups in total. The lowest BCUT2D eigenvalue weighted by molar-refractivity contribution is -0.122.